The summed E-state index contributed by atoms with van der Waals surface area (Å²) in [6.07, 6.45) is 0. The van der Waals surface area contributed by atoms with Crippen LogP contribution in [0.3, 0.4) is 0 Å². The molecule has 0 radical (unpaired) electrons. The number of benzene rings is 6. The molecule has 3 heteroatoms. The number of rotatable bonds is 4. The monoisotopic (exact) mass is 590 g/mol. The summed E-state index contributed by atoms with van der Waals surface area (Å²) >= 11 is 0. The average Bonchev–Trinajstić information content (AvgIpc) is 3.60. The van der Waals surface area contributed by atoms with Crippen LogP contribution < -0.4 is 0 Å². The third-order valence-corrected chi connectivity index (χ3v) is 9.50. The highest BCUT2D eigenvalue weighted by atomic mass is 16.3. The van der Waals surface area contributed by atoms with Crippen molar-refractivity contribution in [3.8, 4) is 56.2 Å². The molecule has 1 aliphatic carbocycles. The molecule has 0 unspecified atom stereocenters. The van der Waals surface area contributed by atoms with Crippen molar-refractivity contribution in [2.75, 3.05) is 0 Å². The smallest absolute Gasteiger partial charge is 0.160 e. The molecule has 2 aromatic heterocycles. The number of aromatic nitrogens is 2. The van der Waals surface area contributed by atoms with Crippen LogP contribution in [0.4, 0.5) is 0 Å². The number of hydrogen-bond acceptors (Lipinski definition) is 3. The zero-order valence-corrected chi connectivity index (χ0v) is 25.7. The summed E-state index contributed by atoms with van der Waals surface area (Å²) in [4.78, 5) is 10.0. The third kappa shape index (κ3) is 4.13. The van der Waals surface area contributed by atoms with E-state index in [1.54, 1.807) is 0 Å². The summed E-state index contributed by atoms with van der Waals surface area (Å²) in [5, 5.41) is 2.35. The Morgan fingerprint density at radius 1 is 0.478 bits per heavy atom. The Labute approximate surface area is 267 Å². The van der Waals surface area contributed by atoms with E-state index in [4.69, 9.17) is 14.4 Å². The second-order valence-corrected chi connectivity index (χ2v) is 12.6. The Balaban J connectivity index is 1.12. The van der Waals surface area contributed by atoms with Crippen molar-refractivity contribution in [3.05, 3.63) is 157 Å². The Bertz CT molecular complexity index is 2360. The van der Waals surface area contributed by atoms with Gasteiger partial charge in [0.2, 0.25) is 0 Å². The minimum atomic E-state index is -0.169. The fourth-order valence-corrected chi connectivity index (χ4v) is 7.16. The molecule has 0 bridgehead atoms. The lowest BCUT2D eigenvalue weighted by Gasteiger charge is -2.21. The lowest BCUT2D eigenvalue weighted by molar-refractivity contribution is 0.620. The van der Waals surface area contributed by atoms with Gasteiger partial charge in [0.15, 0.2) is 5.82 Å². The molecule has 2 heterocycles. The van der Waals surface area contributed by atoms with Crippen molar-refractivity contribution < 1.29 is 4.42 Å². The number of nitrogens with zero attached hydrogens (tertiary/aromatic N) is 2. The van der Waals surface area contributed by atoms with Crippen LogP contribution >= 0.6 is 0 Å². The second-order valence-electron chi connectivity index (χ2n) is 12.6. The van der Waals surface area contributed by atoms with Gasteiger partial charge in [-0.2, -0.15) is 0 Å². The molecule has 0 saturated heterocycles. The largest absolute Gasteiger partial charge is 0.456 e. The highest BCUT2D eigenvalue weighted by molar-refractivity contribution is 6.09. The van der Waals surface area contributed by atoms with E-state index < -0.39 is 0 Å². The van der Waals surface area contributed by atoms with Gasteiger partial charge in [-0.05, 0) is 52.1 Å². The Kier molecular flexibility index (Phi) is 5.85. The molecule has 46 heavy (non-hydrogen) atoms. The van der Waals surface area contributed by atoms with Gasteiger partial charge in [-0.1, -0.05) is 135 Å². The summed E-state index contributed by atoms with van der Waals surface area (Å²) in [6, 6.07) is 51.0. The van der Waals surface area contributed by atoms with E-state index in [-0.39, 0.29) is 5.41 Å². The van der Waals surface area contributed by atoms with Crippen LogP contribution in [0.15, 0.2) is 150 Å². The highest BCUT2D eigenvalue weighted by Gasteiger charge is 2.38. The van der Waals surface area contributed by atoms with E-state index >= 15 is 0 Å². The van der Waals surface area contributed by atoms with Crippen LogP contribution in [0.25, 0.3) is 78.1 Å². The molecule has 218 valence electrons. The van der Waals surface area contributed by atoms with Crippen molar-refractivity contribution in [2.24, 2.45) is 0 Å². The molecule has 0 spiro atoms. The molecular weight excluding hydrogens is 560 g/mol. The lowest BCUT2D eigenvalue weighted by Crippen LogP contribution is -2.15. The van der Waals surface area contributed by atoms with Crippen molar-refractivity contribution in [1.82, 2.24) is 9.97 Å². The van der Waals surface area contributed by atoms with Crippen LogP contribution in [0.5, 0.6) is 0 Å². The van der Waals surface area contributed by atoms with E-state index in [1.165, 1.54) is 38.6 Å². The minimum Gasteiger partial charge on any atom is -0.456 e. The zero-order valence-electron chi connectivity index (χ0n) is 25.7. The molecule has 0 saturated carbocycles. The van der Waals surface area contributed by atoms with Gasteiger partial charge >= 0.3 is 0 Å². The van der Waals surface area contributed by atoms with Gasteiger partial charge in [0, 0.05) is 38.4 Å². The molecule has 0 aliphatic heterocycles. The molecule has 0 fully saturated rings. The Hall–Kier alpha value is -5.80. The first kappa shape index (κ1) is 26.6. The third-order valence-electron chi connectivity index (χ3n) is 9.50. The first-order valence-electron chi connectivity index (χ1n) is 15.7. The molecule has 0 atom stereocenters. The quantitative estimate of drug-likeness (QED) is 0.205. The molecule has 0 N–H and O–H groups in total. The Morgan fingerprint density at radius 3 is 1.78 bits per heavy atom. The number of furan rings is 1. The maximum Gasteiger partial charge on any atom is 0.160 e. The van der Waals surface area contributed by atoms with Gasteiger partial charge in [-0.25, -0.2) is 9.97 Å². The number of para-hydroxylation sites is 1. The maximum absolute atomic E-state index is 6.49. The fraction of sp³-hybridized carbons (Fsp3) is 0.0698. The molecule has 6 aromatic carbocycles. The van der Waals surface area contributed by atoms with E-state index in [0.717, 1.165) is 44.8 Å². The fourth-order valence-electron chi connectivity index (χ4n) is 7.16. The molecule has 3 nitrogen and oxygen atoms in total. The van der Waals surface area contributed by atoms with Crippen molar-refractivity contribution in [3.63, 3.8) is 0 Å². The van der Waals surface area contributed by atoms with Gasteiger partial charge < -0.3 is 4.42 Å². The molecule has 8 aromatic rings. The summed E-state index contributed by atoms with van der Waals surface area (Å²) in [6.45, 7) is 4.62. The molecule has 0 amide bonds. The van der Waals surface area contributed by atoms with E-state index in [1.807, 2.05) is 42.5 Å². The van der Waals surface area contributed by atoms with Crippen molar-refractivity contribution in [2.45, 2.75) is 19.3 Å². The minimum absolute atomic E-state index is 0.169. The highest BCUT2D eigenvalue weighted by Crippen LogP contribution is 2.53. The molecule has 1 aliphatic rings. The zero-order chi connectivity index (χ0) is 30.8. The molecule has 9 rings (SSSR count). The van der Waals surface area contributed by atoms with Crippen LogP contribution in [0.2, 0.25) is 0 Å². The van der Waals surface area contributed by atoms with Crippen molar-refractivity contribution in [1.29, 1.82) is 0 Å². The predicted octanol–water partition coefficient (Wildman–Crippen LogP) is 11.4. The lowest BCUT2D eigenvalue weighted by atomic mass is 9.81. The number of hydrogen-bond donors (Lipinski definition) is 0. The van der Waals surface area contributed by atoms with Gasteiger partial charge in [0.05, 0.1) is 11.4 Å². The summed E-state index contributed by atoms with van der Waals surface area (Å²) in [5.41, 5.74) is 14.2. The van der Waals surface area contributed by atoms with E-state index in [9.17, 15) is 0 Å². The summed E-state index contributed by atoms with van der Waals surface area (Å²) < 4.78 is 6.49. The van der Waals surface area contributed by atoms with Crippen LogP contribution in [-0.4, -0.2) is 9.97 Å². The van der Waals surface area contributed by atoms with Gasteiger partial charge in [-0.15, -0.1) is 0 Å². The SMILES string of the molecule is CC1(C)c2ccc(-c3ccc(-c4nc(-c5ccccc5)cc(-c5ccccc5)n4)cc3)cc2-c2ccc3c(oc4ccccc43)c21. The van der Waals surface area contributed by atoms with Crippen LogP contribution in [0, 0.1) is 0 Å². The van der Waals surface area contributed by atoms with E-state index in [2.05, 4.69) is 117 Å². The predicted molar refractivity (Wildman–Crippen MR) is 189 cm³/mol. The number of fused-ring (bicyclic) bond motifs is 7. The van der Waals surface area contributed by atoms with Crippen molar-refractivity contribution >= 4 is 21.9 Å². The first-order valence-corrected chi connectivity index (χ1v) is 15.7. The van der Waals surface area contributed by atoms with Crippen LogP contribution in [0.1, 0.15) is 25.0 Å². The molecular formula is C43H30N2O. The second kappa shape index (κ2) is 10.1. The summed E-state index contributed by atoms with van der Waals surface area (Å²) in [7, 11) is 0. The van der Waals surface area contributed by atoms with Gasteiger partial charge in [0.25, 0.3) is 0 Å². The van der Waals surface area contributed by atoms with Crippen LogP contribution in [-0.2, 0) is 5.41 Å². The normalized spacial score (nSPS) is 13.2. The van der Waals surface area contributed by atoms with Gasteiger partial charge in [-0.3, -0.25) is 0 Å². The standard InChI is InChI=1S/C43H30N2O/c1-43(2)36-24-21-31(25-35(36)33-22-23-34-32-15-9-10-16-39(32)46-41(34)40(33)43)27-17-19-30(20-18-27)42-44-37(28-11-5-3-6-12-28)26-38(45-42)29-13-7-4-8-14-29/h3-26H,1-2H3. The average molecular weight is 591 g/mol. The maximum atomic E-state index is 6.49. The topological polar surface area (TPSA) is 38.9 Å². The Morgan fingerprint density at radius 2 is 1.09 bits per heavy atom. The van der Waals surface area contributed by atoms with Gasteiger partial charge in [0.1, 0.15) is 11.2 Å². The first-order chi connectivity index (χ1) is 22.5. The van der Waals surface area contributed by atoms with E-state index in [0.29, 0.717) is 5.82 Å². The summed E-state index contributed by atoms with van der Waals surface area (Å²) in [5.74, 6) is 0.714.